The quantitative estimate of drug-likeness (QED) is 0.200. The number of aromatic nitrogens is 7. The van der Waals surface area contributed by atoms with Crippen LogP contribution in [0.3, 0.4) is 0 Å². The van der Waals surface area contributed by atoms with Crippen LogP contribution in [0.25, 0.3) is 16.9 Å². The van der Waals surface area contributed by atoms with Crippen LogP contribution in [0.4, 0.5) is 14.5 Å². The smallest absolute Gasteiger partial charge is 0.270 e. The molecule has 0 spiro atoms. The van der Waals surface area contributed by atoms with Crippen molar-refractivity contribution in [3.63, 3.8) is 0 Å². The van der Waals surface area contributed by atoms with Gasteiger partial charge in [0, 0.05) is 50.2 Å². The molecule has 1 aliphatic heterocycles. The molecule has 0 unspecified atom stereocenters. The van der Waals surface area contributed by atoms with Gasteiger partial charge in [-0.15, -0.1) is 5.10 Å². The minimum atomic E-state index is -4.49. The molecule has 4 aromatic heterocycles. The Kier molecular flexibility index (Phi) is 9.32. The molecule has 0 aliphatic carbocycles. The second kappa shape index (κ2) is 13.7. The Morgan fingerprint density at radius 1 is 1.04 bits per heavy atom. The zero-order valence-electron chi connectivity index (χ0n) is 25.1. The molecule has 0 radical (unpaired) electrons. The van der Waals surface area contributed by atoms with E-state index < -0.39 is 32.5 Å². The Morgan fingerprint density at radius 2 is 1.87 bits per heavy atom. The molecule has 246 valence electrons. The summed E-state index contributed by atoms with van der Waals surface area (Å²) < 4.78 is 69.6. The molecule has 2 N–H and O–H groups in total. The molecule has 1 fully saturated rings. The number of ether oxygens (including phenoxy) is 2. The summed E-state index contributed by atoms with van der Waals surface area (Å²) in [5, 5.41) is 11.1. The van der Waals surface area contributed by atoms with E-state index in [0.717, 1.165) is 51.4 Å². The number of hydrogen-bond donors (Lipinski definition) is 2. The number of pyridine rings is 1. The van der Waals surface area contributed by atoms with Crippen molar-refractivity contribution < 1.29 is 31.5 Å². The van der Waals surface area contributed by atoms with E-state index in [1.54, 1.807) is 17.1 Å². The van der Waals surface area contributed by atoms with E-state index in [9.17, 15) is 22.0 Å². The maximum Gasteiger partial charge on any atom is 0.270 e. The van der Waals surface area contributed by atoms with Gasteiger partial charge in [-0.2, -0.15) is 0 Å². The lowest BCUT2D eigenvalue weighted by Gasteiger charge is -2.26. The number of carbonyl (C=O) groups is 1. The van der Waals surface area contributed by atoms with Crippen molar-refractivity contribution in [1.82, 2.24) is 44.6 Å². The minimum Gasteiger partial charge on any atom is -0.480 e. The summed E-state index contributed by atoms with van der Waals surface area (Å²) >= 11 is 0. The molecule has 47 heavy (non-hydrogen) atoms. The van der Waals surface area contributed by atoms with Crippen LogP contribution < -0.4 is 14.8 Å². The number of imidazole rings is 1. The fraction of sp³-hybridized carbons (Fsp3) is 0.310. The van der Waals surface area contributed by atoms with Gasteiger partial charge in [0.05, 0.1) is 51.2 Å². The number of aryl methyl sites for hydroxylation is 1. The Bertz CT molecular complexity index is 2010. The topological polar surface area (TPSA) is 171 Å². The molecule has 1 aliphatic rings. The normalized spacial score (nSPS) is 13.9. The first-order valence-electron chi connectivity index (χ1n) is 14.5. The van der Waals surface area contributed by atoms with Crippen molar-refractivity contribution in [3.8, 4) is 17.1 Å². The lowest BCUT2D eigenvalue weighted by atomic mass is 10.2. The Morgan fingerprint density at radius 3 is 2.66 bits per heavy atom. The van der Waals surface area contributed by atoms with Gasteiger partial charge in [-0.25, -0.2) is 27.2 Å². The molecule has 6 rings (SSSR count). The molecule has 15 nitrogen and oxygen atoms in total. The molecule has 0 bridgehead atoms. The third kappa shape index (κ3) is 7.34. The lowest BCUT2D eigenvalue weighted by molar-refractivity contribution is 0.0368. The number of rotatable bonds is 12. The van der Waals surface area contributed by atoms with Gasteiger partial charge >= 0.3 is 0 Å². The average Bonchev–Trinajstić information content (AvgIpc) is 3.70. The van der Waals surface area contributed by atoms with E-state index in [1.165, 1.54) is 36.2 Å². The van der Waals surface area contributed by atoms with Gasteiger partial charge in [0.2, 0.25) is 5.88 Å². The summed E-state index contributed by atoms with van der Waals surface area (Å²) in [7, 11) is -3.21. The number of sulfonamides is 1. The van der Waals surface area contributed by atoms with E-state index in [-0.39, 0.29) is 23.8 Å². The highest BCUT2D eigenvalue weighted by molar-refractivity contribution is 7.92. The summed E-state index contributed by atoms with van der Waals surface area (Å²) in [6.07, 6.45) is 8.49. The number of fused-ring (bicyclic) bond motifs is 1. The maximum absolute atomic E-state index is 14.3. The summed E-state index contributed by atoms with van der Waals surface area (Å²) in [6.45, 7) is 5.16. The van der Waals surface area contributed by atoms with Crippen LogP contribution in [-0.4, -0.2) is 93.5 Å². The van der Waals surface area contributed by atoms with Gasteiger partial charge < -0.3 is 14.8 Å². The molecule has 0 atom stereocenters. The fourth-order valence-corrected chi connectivity index (χ4v) is 6.11. The van der Waals surface area contributed by atoms with E-state index in [4.69, 9.17) is 9.47 Å². The molecule has 18 heteroatoms. The number of anilines is 1. The fourth-order valence-electron chi connectivity index (χ4n) is 5.00. The second-order valence-electron chi connectivity index (χ2n) is 10.6. The van der Waals surface area contributed by atoms with Crippen molar-refractivity contribution in [2.75, 3.05) is 44.7 Å². The first kappa shape index (κ1) is 31.9. The SMILES string of the molecule is COc1ncc(-c2cn3c(C(=O)NCc4cn(CCCN5CCOCC5)nn4)cnc3cn2)cc1NS(=O)(=O)c1ccc(F)cc1F. The average molecular weight is 669 g/mol. The number of amides is 1. The highest BCUT2D eigenvalue weighted by Crippen LogP contribution is 2.30. The van der Waals surface area contributed by atoms with Gasteiger partial charge in [-0.3, -0.25) is 28.5 Å². The number of benzene rings is 1. The van der Waals surface area contributed by atoms with Crippen LogP contribution >= 0.6 is 0 Å². The first-order chi connectivity index (χ1) is 22.7. The van der Waals surface area contributed by atoms with Gasteiger partial charge in [0.1, 0.15) is 33.6 Å². The number of halogens is 2. The Labute approximate surface area is 267 Å². The molecular weight excluding hydrogens is 638 g/mol. The molecule has 5 heterocycles. The van der Waals surface area contributed by atoms with Gasteiger partial charge in [-0.05, 0) is 24.6 Å². The van der Waals surface area contributed by atoms with Crippen molar-refractivity contribution in [2.45, 2.75) is 24.4 Å². The van der Waals surface area contributed by atoms with Crippen LogP contribution in [0.1, 0.15) is 22.6 Å². The molecule has 1 aromatic carbocycles. The summed E-state index contributed by atoms with van der Waals surface area (Å²) in [5.41, 5.74) is 1.74. The third-order valence-corrected chi connectivity index (χ3v) is 8.78. The largest absolute Gasteiger partial charge is 0.480 e. The van der Waals surface area contributed by atoms with E-state index in [0.29, 0.717) is 35.2 Å². The molecular formula is C29H30F2N10O5S. The summed E-state index contributed by atoms with van der Waals surface area (Å²) in [5.74, 6) is -2.70. The predicted molar refractivity (Wildman–Crippen MR) is 163 cm³/mol. The molecule has 1 saturated heterocycles. The number of morpholine rings is 1. The monoisotopic (exact) mass is 668 g/mol. The number of carbonyl (C=O) groups excluding carboxylic acids is 1. The minimum absolute atomic E-state index is 0.0994. The predicted octanol–water partition coefficient (Wildman–Crippen LogP) is 2.12. The Hall–Kier alpha value is -5.07. The zero-order valence-corrected chi connectivity index (χ0v) is 26.0. The number of nitrogens with zero attached hydrogens (tertiary/aromatic N) is 8. The van der Waals surface area contributed by atoms with Crippen molar-refractivity contribution >= 4 is 27.3 Å². The Balaban J connectivity index is 1.15. The third-order valence-electron chi connectivity index (χ3n) is 7.38. The van der Waals surface area contributed by atoms with Crippen molar-refractivity contribution in [3.05, 3.63) is 78.3 Å². The van der Waals surface area contributed by atoms with E-state index >= 15 is 0 Å². The van der Waals surface area contributed by atoms with Crippen LogP contribution in [-0.2, 0) is 27.8 Å². The number of methoxy groups -OCH3 is 1. The van der Waals surface area contributed by atoms with Gasteiger partial charge in [0.25, 0.3) is 15.9 Å². The highest BCUT2D eigenvalue weighted by atomic mass is 32.2. The van der Waals surface area contributed by atoms with Crippen LogP contribution in [0.5, 0.6) is 5.88 Å². The molecule has 1 amide bonds. The van der Waals surface area contributed by atoms with Crippen LogP contribution in [0, 0.1) is 11.6 Å². The van der Waals surface area contributed by atoms with Gasteiger partial charge in [-0.1, -0.05) is 5.21 Å². The summed E-state index contributed by atoms with van der Waals surface area (Å²) in [4.78, 5) is 27.5. The van der Waals surface area contributed by atoms with E-state index in [2.05, 4.69) is 40.2 Å². The number of nitrogens with one attached hydrogen (secondary N) is 2. The lowest BCUT2D eigenvalue weighted by Crippen LogP contribution is -2.37. The highest BCUT2D eigenvalue weighted by Gasteiger charge is 2.23. The first-order valence-corrected chi connectivity index (χ1v) is 16.0. The second-order valence-corrected chi connectivity index (χ2v) is 12.2. The van der Waals surface area contributed by atoms with Crippen molar-refractivity contribution in [1.29, 1.82) is 0 Å². The summed E-state index contributed by atoms with van der Waals surface area (Å²) in [6, 6.07) is 3.50. The molecule has 0 saturated carbocycles. The standard InChI is InChI=1S/C29H30F2N10O5S/c1-45-29-23(37-47(43,44)26-4-3-20(30)12-22(26)31)11-19(13-35-29)24-18-41-25(15-33-27(41)16-32-24)28(42)34-14-21-17-40(38-36-21)6-2-5-39-7-9-46-10-8-39/h3-4,11-13,15-18,37H,2,5-10,14H2,1H3,(H,34,42). The number of hydrogen-bond acceptors (Lipinski definition) is 11. The zero-order chi connectivity index (χ0) is 33.0. The van der Waals surface area contributed by atoms with Crippen LogP contribution in [0.15, 0.2) is 60.1 Å². The van der Waals surface area contributed by atoms with E-state index in [1.807, 2.05) is 0 Å². The van der Waals surface area contributed by atoms with Gasteiger partial charge in [0.15, 0.2) is 5.65 Å². The van der Waals surface area contributed by atoms with Crippen LogP contribution in [0.2, 0.25) is 0 Å². The van der Waals surface area contributed by atoms with Crippen molar-refractivity contribution in [2.24, 2.45) is 0 Å². The molecule has 5 aromatic rings. The maximum atomic E-state index is 14.3.